The summed E-state index contributed by atoms with van der Waals surface area (Å²) in [5.41, 5.74) is 0.789. The van der Waals surface area contributed by atoms with Crippen LogP contribution in [0.1, 0.15) is 10.5 Å². The summed E-state index contributed by atoms with van der Waals surface area (Å²) in [6.07, 6.45) is 4.32. The molecule has 19 heavy (non-hydrogen) atoms. The summed E-state index contributed by atoms with van der Waals surface area (Å²) in [6.45, 7) is -0.0401. The molecule has 1 N–H and O–H groups in total. The second kappa shape index (κ2) is 6.12. The van der Waals surface area contributed by atoms with Gasteiger partial charge in [0.25, 0.3) is 5.91 Å². The molecule has 1 aromatic carbocycles. The predicted molar refractivity (Wildman–Crippen MR) is 67.5 cm³/mol. The molecule has 1 heterocycles. The maximum Gasteiger partial charge on any atom is 0.275 e. The van der Waals surface area contributed by atoms with Crippen LogP contribution in [0.15, 0.2) is 42.9 Å². The summed E-state index contributed by atoms with van der Waals surface area (Å²) in [5, 5.41) is 11.1. The highest BCUT2D eigenvalue weighted by atomic mass is 16.5. The van der Waals surface area contributed by atoms with Gasteiger partial charge in [-0.2, -0.15) is 5.26 Å². The Hall–Kier alpha value is -2.94. The molecule has 0 aliphatic carbocycles. The molecule has 0 unspecified atom stereocenters. The van der Waals surface area contributed by atoms with Crippen LogP contribution in [0.25, 0.3) is 0 Å². The van der Waals surface area contributed by atoms with Crippen molar-refractivity contribution in [2.75, 3.05) is 11.9 Å². The average Bonchev–Trinajstić information content (AvgIpc) is 2.46. The lowest BCUT2D eigenvalue weighted by atomic mass is 10.3. The third kappa shape index (κ3) is 3.51. The van der Waals surface area contributed by atoms with Gasteiger partial charge in [-0.25, -0.2) is 4.98 Å². The largest absolute Gasteiger partial charge is 0.479 e. The van der Waals surface area contributed by atoms with Gasteiger partial charge in [0.1, 0.15) is 17.5 Å². The zero-order valence-electron chi connectivity index (χ0n) is 9.91. The Morgan fingerprint density at radius 2 is 2.32 bits per heavy atom. The van der Waals surface area contributed by atoms with Gasteiger partial charge in [0.2, 0.25) is 0 Å². The third-order valence-electron chi connectivity index (χ3n) is 2.19. The number of amides is 1. The average molecular weight is 254 g/mol. The zero-order chi connectivity index (χ0) is 13.5. The van der Waals surface area contributed by atoms with Gasteiger partial charge in [0.05, 0.1) is 6.20 Å². The highest BCUT2D eigenvalue weighted by molar-refractivity contribution is 6.02. The Morgan fingerprint density at radius 3 is 3.05 bits per heavy atom. The standard InChI is InChI=1S/C13H10N4O2/c14-4-7-19-11-3-1-2-10(8-11)17-13(18)12-9-15-5-6-16-12/h1-3,5-6,8-9H,7H2,(H,17,18). The number of aromatic nitrogens is 2. The van der Waals surface area contributed by atoms with Crippen molar-refractivity contribution in [3.63, 3.8) is 0 Å². The molecular formula is C13H10N4O2. The normalized spacial score (nSPS) is 9.42. The molecule has 1 amide bonds. The summed E-state index contributed by atoms with van der Waals surface area (Å²) < 4.78 is 5.14. The number of carbonyl (C=O) groups is 1. The van der Waals surface area contributed by atoms with E-state index in [1.54, 1.807) is 24.3 Å². The van der Waals surface area contributed by atoms with Gasteiger partial charge in [-0.1, -0.05) is 6.07 Å². The van der Waals surface area contributed by atoms with Crippen molar-refractivity contribution >= 4 is 11.6 Å². The minimum atomic E-state index is -0.356. The van der Waals surface area contributed by atoms with Crippen LogP contribution < -0.4 is 10.1 Å². The molecule has 94 valence electrons. The molecule has 2 rings (SSSR count). The molecule has 6 heteroatoms. The van der Waals surface area contributed by atoms with Gasteiger partial charge in [-0.3, -0.25) is 9.78 Å². The molecule has 1 aromatic heterocycles. The Bertz CT molecular complexity index is 608. The molecule has 0 bridgehead atoms. The van der Waals surface area contributed by atoms with E-state index < -0.39 is 0 Å². The lowest BCUT2D eigenvalue weighted by molar-refractivity contribution is 0.102. The van der Waals surface area contributed by atoms with E-state index in [0.717, 1.165) is 0 Å². The van der Waals surface area contributed by atoms with E-state index in [1.807, 2.05) is 6.07 Å². The van der Waals surface area contributed by atoms with E-state index in [-0.39, 0.29) is 18.2 Å². The first-order valence-electron chi connectivity index (χ1n) is 5.47. The van der Waals surface area contributed by atoms with Crippen LogP contribution in [0.5, 0.6) is 5.75 Å². The van der Waals surface area contributed by atoms with Gasteiger partial charge < -0.3 is 10.1 Å². The first-order valence-corrected chi connectivity index (χ1v) is 5.47. The first-order chi connectivity index (χ1) is 9.29. The SMILES string of the molecule is N#CCOc1cccc(NC(=O)c2cnccn2)c1. The Labute approximate surface area is 109 Å². The molecule has 0 aliphatic rings. The summed E-state index contributed by atoms with van der Waals surface area (Å²) in [6, 6.07) is 8.65. The molecule has 0 radical (unpaired) electrons. The maximum absolute atomic E-state index is 11.8. The van der Waals surface area contributed by atoms with Crippen LogP contribution in [-0.4, -0.2) is 22.5 Å². The highest BCUT2D eigenvalue weighted by Crippen LogP contribution is 2.17. The van der Waals surface area contributed by atoms with Crippen molar-refractivity contribution in [3.05, 3.63) is 48.5 Å². The molecule has 6 nitrogen and oxygen atoms in total. The van der Waals surface area contributed by atoms with Crippen molar-refractivity contribution in [1.82, 2.24) is 9.97 Å². The van der Waals surface area contributed by atoms with Crippen LogP contribution in [0.2, 0.25) is 0 Å². The molecular weight excluding hydrogens is 244 g/mol. The Morgan fingerprint density at radius 1 is 1.42 bits per heavy atom. The van der Waals surface area contributed by atoms with E-state index in [2.05, 4.69) is 15.3 Å². The third-order valence-corrected chi connectivity index (χ3v) is 2.19. The van der Waals surface area contributed by atoms with Crippen LogP contribution in [0.4, 0.5) is 5.69 Å². The number of hydrogen-bond donors (Lipinski definition) is 1. The number of hydrogen-bond acceptors (Lipinski definition) is 5. The van der Waals surface area contributed by atoms with E-state index >= 15 is 0 Å². The summed E-state index contributed by atoms with van der Waals surface area (Å²) in [7, 11) is 0. The second-order valence-electron chi connectivity index (χ2n) is 3.52. The lowest BCUT2D eigenvalue weighted by Gasteiger charge is -2.06. The van der Waals surface area contributed by atoms with E-state index in [9.17, 15) is 4.79 Å². The Kier molecular flexibility index (Phi) is 4.03. The van der Waals surface area contributed by atoms with E-state index in [4.69, 9.17) is 10.00 Å². The van der Waals surface area contributed by atoms with Crippen molar-refractivity contribution in [2.45, 2.75) is 0 Å². The zero-order valence-corrected chi connectivity index (χ0v) is 9.91. The number of carbonyl (C=O) groups excluding carboxylic acids is 1. The molecule has 0 saturated carbocycles. The number of benzene rings is 1. The number of rotatable bonds is 4. The summed E-state index contributed by atoms with van der Waals surface area (Å²) >= 11 is 0. The summed E-state index contributed by atoms with van der Waals surface area (Å²) in [5.74, 6) is 0.157. The fraction of sp³-hybridized carbons (Fsp3) is 0.0769. The fourth-order valence-corrected chi connectivity index (χ4v) is 1.39. The minimum absolute atomic E-state index is 0.0401. The van der Waals surface area contributed by atoms with Gasteiger partial charge in [0.15, 0.2) is 6.61 Å². The van der Waals surface area contributed by atoms with Gasteiger partial charge in [0, 0.05) is 24.1 Å². The molecule has 2 aromatic rings. The number of nitrogens with zero attached hydrogens (tertiary/aromatic N) is 3. The molecule has 0 saturated heterocycles. The van der Waals surface area contributed by atoms with E-state index in [1.165, 1.54) is 18.6 Å². The minimum Gasteiger partial charge on any atom is -0.479 e. The van der Waals surface area contributed by atoms with Crippen LogP contribution in [0.3, 0.4) is 0 Å². The number of nitriles is 1. The monoisotopic (exact) mass is 254 g/mol. The molecule has 0 aliphatic heterocycles. The van der Waals surface area contributed by atoms with Crippen LogP contribution in [0, 0.1) is 11.3 Å². The van der Waals surface area contributed by atoms with Crippen LogP contribution in [-0.2, 0) is 0 Å². The molecule has 0 fully saturated rings. The molecule has 0 atom stereocenters. The highest BCUT2D eigenvalue weighted by Gasteiger charge is 2.07. The second-order valence-corrected chi connectivity index (χ2v) is 3.52. The quantitative estimate of drug-likeness (QED) is 0.895. The predicted octanol–water partition coefficient (Wildman–Crippen LogP) is 1.63. The number of ether oxygens (including phenoxy) is 1. The van der Waals surface area contributed by atoms with Gasteiger partial charge in [-0.05, 0) is 12.1 Å². The first kappa shape index (κ1) is 12.5. The molecule has 0 spiro atoms. The Balaban J connectivity index is 2.07. The van der Waals surface area contributed by atoms with E-state index in [0.29, 0.717) is 11.4 Å². The van der Waals surface area contributed by atoms with Crippen molar-refractivity contribution in [1.29, 1.82) is 5.26 Å². The number of anilines is 1. The van der Waals surface area contributed by atoms with Gasteiger partial charge >= 0.3 is 0 Å². The van der Waals surface area contributed by atoms with Crippen LogP contribution >= 0.6 is 0 Å². The maximum atomic E-state index is 11.8. The van der Waals surface area contributed by atoms with Crippen molar-refractivity contribution < 1.29 is 9.53 Å². The van der Waals surface area contributed by atoms with Gasteiger partial charge in [-0.15, -0.1) is 0 Å². The summed E-state index contributed by atoms with van der Waals surface area (Å²) in [4.78, 5) is 19.6. The van der Waals surface area contributed by atoms with Crippen molar-refractivity contribution in [2.24, 2.45) is 0 Å². The smallest absolute Gasteiger partial charge is 0.275 e. The topological polar surface area (TPSA) is 87.9 Å². The fourth-order valence-electron chi connectivity index (χ4n) is 1.39. The van der Waals surface area contributed by atoms with Crippen molar-refractivity contribution in [3.8, 4) is 11.8 Å². The lowest BCUT2D eigenvalue weighted by Crippen LogP contribution is -2.13. The number of nitrogens with one attached hydrogen (secondary N) is 1.